The Morgan fingerprint density at radius 2 is 1.92 bits per heavy atom. The van der Waals surface area contributed by atoms with Gasteiger partial charge in [0.25, 0.3) is 0 Å². The summed E-state index contributed by atoms with van der Waals surface area (Å²) >= 11 is 0. The van der Waals surface area contributed by atoms with Crippen LogP contribution < -0.4 is 10.1 Å². The molecule has 0 aromatic heterocycles. The number of carbonyl (C=O) groups is 1. The first-order valence-electron chi connectivity index (χ1n) is 8.96. The Labute approximate surface area is 144 Å². The van der Waals surface area contributed by atoms with Crippen molar-refractivity contribution in [3.8, 4) is 5.75 Å². The average Bonchev–Trinajstić information content (AvgIpc) is 3.04. The maximum Gasteiger partial charge on any atom is 0.245 e. The second kappa shape index (κ2) is 8.49. The van der Waals surface area contributed by atoms with Crippen LogP contribution in [0.25, 0.3) is 0 Å². The number of methoxy groups -OCH3 is 1. The molecule has 3 rings (SSSR count). The standard InChI is InChI=1S/C19H28N2O3/c1-23-14-19(22)20-12-16-10-18(11-16)24-17-6-4-15(5-7-17)13-21-8-2-3-9-21/h4-7,16,18H,2-3,8-14H2,1H3,(H,20,22). The summed E-state index contributed by atoms with van der Waals surface area (Å²) in [6, 6.07) is 8.52. The molecule has 5 nitrogen and oxygen atoms in total. The van der Waals surface area contributed by atoms with Crippen LogP contribution in [0.3, 0.4) is 0 Å². The monoisotopic (exact) mass is 332 g/mol. The maximum absolute atomic E-state index is 11.3. The first-order chi connectivity index (χ1) is 11.7. The largest absolute Gasteiger partial charge is 0.490 e. The van der Waals surface area contributed by atoms with Crippen LogP contribution in [0.2, 0.25) is 0 Å². The van der Waals surface area contributed by atoms with Gasteiger partial charge >= 0.3 is 0 Å². The van der Waals surface area contributed by atoms with E-state index in [2.05, 4.69) is 34.5 Å². The fourth-order valence-electron chi connectivity index (χ4n) is 3.44. The number of ether oxygens (including phenoxy) is 2. The third-order valence-electron chi connectivity index (χ3n) is 4.89. The lowest BCUT2D eigenvalue weighted by Gasteiger charge is -2.35. The smallest absolute Gasteiger partial charge is 0.245 e. The minimum atomic E-state index is -0.0459. The summed E-state index contributed by atoms with van der Waals surface area (Å²) in [6.45, 7) is 4.35. The van der Waals surface area contributed by atoms with Crippen LogP contribution >= 0.6 is 0 Å². The van der Waals surface area contributed by atoms with Crippen LogP contribution in [0, 0.1) is 5.92 Å². The van der Waals surface area contributed by atoms with Crippen molar-refractivity contribution >= 4 is 5.91 Å². The lowest BCUT2D eigenvalue weighted by atomic mass is 9.82. The van der Waals surface area contributed by atoms with E-state index in [1.54, 1.807) is 0 Å². The highest BCUT2D eigenvalue weighted by Gasteiger charge is 2.30. The molecule has 132 valence electrons. The molecule has 1 saturated carbocycles. The van der Waals surface area contributed by atoms with E-state index < -0.39 is 0 Å². The minimum Gasteiger partial charge on any atom is -0.490 e. The van der Waals surface area contributed by atoms with Gasteiger partial charge in [-0.25, -0.2) is 0 Å². The highest BCUT2D eigenvalue weighted by Crippen LogP contribution is 2.31. The van der Waals surface area contributed by atoms with Gasteiger partial charge in [-0.3, -0.25) is 9.69 Å². The predicted molar refractivity (Wildman–Crippen MR) is 93.0 cm³/mol. The van der Waals surface area contributed by atoms with Gasteiger partial charge in [-0.2, -0.15) is 0 Å². The SMILES string of the molecule is COCC(=O)NCC1CC(Oc2ccc(CN3CCCC3)cc2)C1. The quantitative estimate of drug-likeness (QED) is 0.793. The molecule has 2 aliphatic rings. The topological polar surface area (TPSA) is 50.8 Å². The molecule has 0 bridgehead atoms. The number of hydrogen-bond acceptors (Lipinski definition) is 4. The van der Waals surface area contributed by atoms with Crippen LogP contribution in [0.1, 0.15) is 31.2 Å². The fourth-order valence-corrected chi connectivity index (χ4v) is 3.44. The van der Waals surface area contributed by atoms with Crippen molar-refractivity contribution in [1.82, 2.24) is 10.2 Å². The Bertz CT molecular complexity index is 520. The van der Waals surface area contributed by atoms with Crippen molar-refractivity contribution in [3.63, 3.8) is 0 Å². The first kappa shape index (κ1) is 17.2. The van der Waals surface area contributed by atoms with Crippen LogP contribution in [-0.2, 0) is 16.1 Å². The number of likely N-dealkylation sites (tertiary alicyclic amines) is 1. The molecule has 1 amide bonds. The zero-order chi connectivity index (χ0) is 16.8. The van der Waals surface area contributed by atoms with Gasteiger partial charge < -0.3 is 14.8 Å². The molecular formula is C19H28N2O3. The maximum atomic E-state index is 11.3. The zero-order valence-corrected chi connectivity index (χ0v) is 14.5. The van der Waals surface area contributed by atoms with Gasteiger partial charge in [0.15, 0.2) is 0 Å². The molecule has 1 saturated heterocycles. The molecule has 24 heavy (non-hydrogen) atoms. The van der Waals surface area contributed by atoms with E-state index >= 15 is 0 Å². The molecule has 0 unspecified atom stereocenters. The lowest BCUT2D eigenvalue weighted by molar-refractivity contribution is -0.125. The second-order valence-corrected chi connectivity index (χ2v) is 6.94. The number of nitrogens with zero attached hydrogens (tertiary/aromatic N) is 1. The summed E-state index contributed by atoms with van der Waals surface area (Å²) in [7, 11) is 1.53. The van der Waals surface area contributed by atoms with Crippen LogP contribution in [-0.4, -0.2) is 50.3 Å². The minimum absolute atomic E-state index is 0.0459. The van der Waals surface area contributed by atoms with Crippen molar-refractivity contribution in [2.75, 3.05) is 33.4 Å². The summed E-state index contributed by atoms with van der Waals surface area (Å²) in [4.78, 5) is 13.8. The van der Waals surface area contributed by atoms with Gasteiger partial charge in [0.2, 0.25) is 5.91 Å². The number of carbonyl (C=O) groups excluding carboxylic acids is 1. The van der Waals surface area contributed by atoms with Crippen molar-refractivity contribution in [2.24, 2.45) is 5.92 Å². The van der Waals surface area contributed by atoms with E-state index in [1.165, 1.54) is 38.6 Å². The third-order valence-corrected chi connectivity index (χ3v) is 4.89. The normalized spacial score (nSPS) is 23.7. The summed E-state index contributed by atoms with van der Waals surface area (Å²) in [5, 5.41) is 2.89. The number of amides is 1. The Kier molecular flexibility index (Phi) is 6.10. The summed E-state index contributed by atoms with van der Waals surface area (Å²) in [6.07, 6.45) is 4.94. The van der Waals surface area contributed by atoms with E-state index in [-0.39, 0.29) is 18.6 Å². The van der Waals surface area contributed by atoms with E-state index in [0.29, 0.717) is 5.92 Å². The van der Waals surface area contributed by atoms with Gasteiger partial charge in [-0.1, -0.05) is 12.1 Å². The van der Waals surface area contributed by atoms with Gasteiger partial charge in [0.05, 0.1) is 6.10 Å². The van der Waals surface area contributed by atoms with Crippen LogP contribution in [0.15, 0.2) is 24.3 Å². The summed E-state index contributed by atoms with van der Waals surface area (Å²) in [5.41, 5.74) is 1.36. The molecule has 1 aliphatic carbocycles. The van der Waals surface area contributed by atoms with E-state index in [0.717, 1.165) is 31.7 Å². The van der Waals surface area contributed by atoms with Crippen LogP contribution in [0.5, 0.6) is 5.75 Å². The Morgan fingerprint density at radius 3 is 2.58 bits per heavy atom. The van der Waals surface area contributed by atoms with Gasteiger partial charge in [-0.05, 0) is 62.4 Å². The van der Waals surface area contributed by atoms with Crippen molar-refractivity contribution in [2.45, 2.75) is 38.3 Å². The van der Waals surface area contributed by atoms with Crippen molar-refractivity contribution < 1.29 is 14.3 Å². The van der Waals surface area contributed by atoms with Crippen LogP contribution in [0.4, 0.5) is 0 Å². The second-order valence-electron chi connectivity index (χ2n) is 6.94. The summed E-state index contributed by atoms with van der Waals surface area (Å²) < 4.78 is 10.8. The third kappa shape index (κ3) is 4.95. The molecule has 0 atom stereocenters. The Hall–Kier alpha value is -1.59. The molecular weight excluding hydrogens is 304 g/mol. The zero-order valence-electron chi connectivity index (χ0n) is 14.5. The molecule has 0 radical (unpaired) electrons. The molecule has 1 heterocycles. The van der Waals surface area contributed by atoms with Crippen molar-refractivity contribution in [1.29, 1.82) is 0 Å². The Morgan fingerprint density at radius 1 is 1.21 bits per heavy atom. The molecule has 2 fully saturated rings. The number of hydrogen-bond donors (Lipinski definition) is 1. The average molecular weight is 332 g/mol. The highest BCUT2D eigenvalue weighted by molar-refractivity contribution is 5.77. The number of nitrogens with one attached hydrogen (secondary N) is 1. The first-order valence-corrected chi connectivity index (χ1v) is 8.96. The number of rotatable bonds is 8. The van der Waals surface area contributed by atoms with E-state index in [1.807, 2.05) is 0 Å². The predicted octanol–water partition coefficient (Wildman–Crippen LogP) is 2.20. The van der Waals surface area contributed by atoms with Gasteiger partial charge in [0, 0.05) is 20.2 Å². The lowest BCUT2D eigenvalue weighted by Crippen LogP contribution is -2.41. The number of benzene rings is 1. The molecule has 1 aromatic rings. The molecule has 1 N–H and O–H groups in total. The van der Waals surface area contributed by atoms with E-state index in [9.17, 15) is 4.79 Å². The molecule has 1 aromatic carbocycles. The molecule has 1 aliphatic heterocycles. The fraction of sp³-hybridized carbons (Fsp3) is 0.632. The van der Waals surface area contributed by atoms with Gasteiger partial charge in [0.1, 0.15) is 12.4 Å². The Balaban J connectivity index is 1.34. The molecule has 0 spiro atoms. The van der Waals surface area contributed by atoms with Gasteiger partial charge in [-0.15, -0.1) is 0 Å². The highest BCUT2D eigenvalue weighted by atomic mass is 16.5. The molecule has 5 heteroatoms. The van der Waals surface area contributed by atoms with E-state index in [4.69, 9.17) is 9.47 Å². The van der Waals surface area contributed by atoms with Crippen molar-refractivity contribution in [3.05, 3.63) is 29.8 Å². The summed E-state index contributed by atoms with van der Waals surface area (Å²) in [5.74, 6) is 1.42.